The smallest absolute Gasteiger partial charge is 0.303 e. The normalized spacial score (nSPS) is 9.20. The largest absolute Gasteiger partial charge is 0.529 e. The number of hydrogen-bond acceptors (Lipinski definition) is 3. The maximum Gasteiger partial charge on any atom is 0.303 e. The van der Waals surface area contributed by atoms with Crippen LogP contribution in [0.5, 0.6) is 0 Å². The summed E-state index contributed by atoms with van der Waals surface area (Å²) < 4.78 is 4.44. The van der Waals surface area contributed by atoms with Gasteiger partial charge in [0, 0.05) is 12.8 Å². The third-order valence-corrected chi connectivity index (χ3v) is 1.45. The number of carbonyl (C=O) groups is 2. The average Bonchev–Trinajstić information content (AvgIpc) is 1.87. The molecule has 1 N–H and O–H groups in total. The molecule has 0 bridgehead atoms. The van der Waals surface area contributed by atoms with Gasteiger partial charge in [-0.05, 0) is 6.42 Å². The van der Waals surface area contributed by atoms with Gasteiger partial charge in [-0.15, -0.1) is 0 Å². The van der Waals surface area contributed by atoms with Crippen LogP contribution in [0.25, 0.3) is 0 Å². The minimum absolute atomic E-state index is 0.0383. The Bertz CT molecular complexity index is 134. The van der Waals surface area contributed by atoms with Crippen LogP contribution < -0.4 is 0 Å². The van der Waals surface area contributed by atoms with E-state index in [0.717, 1.165) is 0 Å². The van der Waals surface area contributed by atoms with E-state index in [1.54, 1.807) is 0 Å². The molecule has 4 nitrogen and oxygen atoms in total. The van der Waals surface area contributed by atoms with Crippen molar-refractivity contribution < 1.29 is 19.1 Å². The Balaban J connectivity index is 3.20. The zero-order valence-corrected chi connectivity index (χ0v) is 7.79. The molecule has 0 atom stereocenters. The molecule has 0 amide bonds. The summed E-state index contributed by atoms with van der Waals surface area (Å²) in [6.45, 7) is 0. The molecule has 5 heteroatoms. The SMILES string of the molecule is O=C(O)CCCC(=O)O[SiH3]. The monoisotopic (exact) mass is 162 g/mol. The standard InChI is InChI=1S/C5H10O4Si/c6-4(7)2-1-3-5(8)9-10/h1-3H2,10H3,(H,6,7). The zero-order chi connectivity index (χ0) is 7.98. The van der Waals surface area contributed by atoms with E-state index < -0.39 is 5.97 Å². The molecule has 0 radical (unpaired) electrons. The molecule has 58 valence electrons. The molecule has 0 unspecified atom stereocenters. The minimum atomic E-state index is -0.874. The highest BCUT2D eigenvalue weighted by atomic mass is 28.2. The van der Waals surface area contributed by atoms with Gasteiger partial charge < -0.3 is 9.53 Å². The van der Waals surface area contributed by atoms with Gasteiger partial charge in [0.15, 0.2) is 0 Å². The second-order valence-electron chi connectivity index (χ2n) is 1.82. The van der Waals surface area contributed by atoms with Crippen LogP contribution in [-0.4, -0.2) is 27.5 Å². The van der Waals surface area contributed by atoms with Gasteiger partial charge in [0.1, 0.15) is 0 Å². The Morgan fingerprint density at radius 2 is 2.00 bits per heavy atom. The van der Waals surface area contributed by atoms with E-state index >= 15 is 0 Å². The lowest BCUT2D eigenvalue weighted by Crippen LogP contribution is -2.02. The maximum absolute atomic E-state index is 10.4. The minimum Gasteiger partial charge on any atom is -0.529 e. The fourth-order valence-corrected chi connectivity index (χ4v) is 0.690. The van der Waals surface area contributed by atoms with Crippen LogP contribution in [0, 0.1) is 0 Å². The third-order valence-electron chi connectivity index (χ3n) is 0.999. The van der Waals surface area contributed by atoms with E-state index in [4.69, 9.17) is 5.11 Å². The Morgan fingerprint density at radius 1 is 1.40 bits per heavy atom. The van der Waals surface area contributed by atoms with E-state index in [0.29, 0.717) is 16.9 Å². The lowest BCUT2D eigenvalue weighted by Gasteiger charge is -1.95. The molecule has 0 fully saturated rings. The van der Waals surface area contributed by atoms with Crippen molar-refractivity contribution in [3.05, 3.63) is 0 Å². The van der Waals surface area contributed by atoms with Crippen LogP contribution in [0.15, 0.2) is 0 Å². The highest BCUT2D eigenvalue weighted by molar-refractivity contribution is 6.05. The van der Waals surface area contributed by atoms with Gasteiger partial charge in [0.2, 0.25) is 10.5 Å². The number of hydrogen-bond donors (Lipinski definition) is 1. The molecular weight excluding hydrogens is 152 g/mol. The van der Waals surface area contributed by atoms with Gasteiger partial charge >= 0.3 is 5.97 Å². The van der Waals surface area contributed by atoms with E-state index in [2.05, 4.69) is 4.43 Å². The van der Waals surface area contributed by atoms with Crippen LogP contribution in [0.3, 0.4) is 0 Å². The predicted molar refractivity (Wildman–Crippen MR) is 37.5 cm³/mol. The van der Waals surface area contributed by atoms with Crippen LogP contribution in [0.2, 0.25) is 0 Å². The summed E-state index contributed by atoms with van der Waals surface area (Å²) in [5.74, 6) is -1.17. The molecule has 10 heavy (non-hydrogen) atoms. The number of carbonyl (C=O) groups excluding carboxylic acids is 1. The van der Waals surface area contributed by atoms with Crippen molar-refractivity contribution in [1.82, 2.24) is 0 Å². The fourth-order valence-electron chi connectivity index (χ4n) is 0.486. The first-order chi connectivity index (χ1) is 4.66. The molecule has 0 aromatic rings. The molecule has 0 spiro atoms. The molecule has 0 saturated heterocycles. The Hall–Kier alpha value is -0.843. The molecule has 0 heterocycles. The summed E-state index contributed by atoms with van der Waals surface area (Å²) in [6, 6.07) is 0. The molecule has 0 rings (SSSR count). The number of carboxylic acids is 1. The van der Waals surface area contributed by atoms with E-state index in [-0.39, 0.29) is 18.8 Å². The van der Waals surface area contributed by atoms with Gasteiger partial charge in [-0.3, -0.25) is 9.59 Å². The quantitative estimate of drug-likeness (QED) is 0.542. The molecular formula is C5H10O4Si. The van der Waals surface area contributed by atoms with Crippen molar-refractivity contribution in [2.45, 2.75) is 19.3 Å². The van der Waals surface area contributed by atoms with Crippen molar-refractivity contribution in [2.75, 3.05) is 0 Å². The molecule has 0 aliphatic rings. The van der Waals surface area contributed by atoms with Crippen molar-refractivity contribution in [3.8, 4) is 0 Å². The first-order valence-corrected chi connectivity index (χ1v) is 3.77. The Kier molecular flexibility index (Phi) is 4.56. The van der Waals surface area contributed by atoms with Crippen molar-refractivity contribution in [2.24, 2.45) is 0 Å². The van der Waals surface area contributed by atoms with Gasteiger partial charge in [0.25, 0.3) is 5.97 Å². The summed E-state index contributed by atoms with van der Waals surface area (Å²) in [6.07, 6.45) is 0.628. The molecule has 0 aromatic heterocycles. The van der Waals surface area contributed by atoms with Crippen LogP contribution in [-0.2, 0) is 14.0 Å². The predicted octanol–water partition coefficient (Wildman–Crippen LogP) is -0.935. The lowest BCUT2D eigenvalue weighted by atomic mass is 10.2. The number of carboxylic acid groups (broad SMARTS) is 1. The first-order valence-electron chi connectivity index (χ1n) is 2.95. The van der Waals surface area contributed by atoms with Crippen LogP contribution >= 0.6 is 0 Å². The van der Waals surface area contributed by atoms with Gasteiger partial charge in [-0.2, -0.15) is 0 Å². The average molecular weight is 162 g/mol. The molecule has 0 aliphatic carbocycles. The van der Waals surface area contributed by atoms with Gasteiger partial charge in [0.05, 0.1) is 0 Å². The summed E-state index contributed by atoms with van der Waals surface area (Å²) >= 11 is 0. The van der Waals surface area contributed by atoms with E-state index in [1.807, 2.05) is 0 Å². The highest BCUT2D eigenvalue weighted by Gasteiger charge is 2.01. The second kappa shape index (κ2) is 4.98. The maximum atomic E-state index is 10.4. The van der Waals surface area contributed by atoms with Crippen LogP contribution in [0.1, 0.15) is 19.3 Å². The summed E-state index contributed by atoms with van der Waals surface area (Å²) in [7, 11) is 0.389. The third kappa shape index (κ3) is 5.30. The molecule has 0 saturated carbocycles. The highest BCUT2D eigenvalue weighted by Crippen LogP contribution is 1.95. The molecule has 0 aliphatic heterocycles. The van der Waals surface area contributed by atoms with Crippen LogP contribution in [0.4, 0.5) is 0 Å². The molecule has 0 aromatic carbocycles. The lowest BCUT2D eigenvalue weighted by molar-refractivity contribution is -0.137. The Morgan fingerprint density at radius 3 is 2.40 bits per heavy atom. The second-order valence-corrected chi connectivity index (χ2v) is 2.23. The topological polar surface area (TPSA) is 63.6 Å². The number of aliphatic carboxylic acids is 1. The van der Waals surface area contributed by atoms with Crippen molar-refractivity contribution in [3.63, 3.8) is 0 Å². The number of rotatable bonds is 4. The first kappa shape index (κ1) is 9.16. The van der Waals surface area contributed by atoms with Crippen molar-refractivity contribution in [1.29, 1.82) is 0 Å². The summed E-state index contributed by atoms with van der Waals surface area (Å²) in [5, 5.41) is 8.16. The summed E-state index contributed by atoms with van der Waals surface area (Å²) in [5.41, 5.74) is 0. The fraction of sp³-hybridized carbons (Fsp3) is 0.600. The van der Waals surface area contributed by atoms with Gasteiger partial charge in [-0.25, -0.2) is 0 Å². The van der Waals surface area contributed by atoms with Crippen molar-refractivity contribution >= 4 is 22.4 Å². The van der Waals surface area contributed by atoms with Gasteiger partial charge in [-0.1, -0.05) is 0 Å². The van der Waals surface area contributed by atoms with E-state index in [9.17, 15) is 9.59 Å². The Labute approximate surface area is 61.7 Å². The van der Waals surface area contributed by atoms with E-state index in [1.165, 1.54) is 0 Å². The zero-order valence-electron chi connectivity index (χ0n) is 5.79. The summed E-state index contributed by atoms with van der Waals surface area (Å²) in [4.78, 5) is 20.3.